The zero-order chi connectivity index (χ0) is 10.8. The Morgan fingerprint density at radius 1 is 1.27 bits per heavy atom. The van der Waals surface area contributed by atoms with Crippen LogP contribution in [-0.4, -0.2) is 9.97 Å². The number of aromatic nitrogens is 2. The molecule has 5 heteroatoms. The molecule has 1 heterocycles. The Labute approximate surface area is 93.1 Å². The van der Waals surface area contributed by atoms with Crippen LogP contribution in [0, 0.1) is 5.82 Å². The molecule has 15 heavy (non-hydrogen) atoms. The Kier molecular flexibility index (Phi) is 2.64. The van der Waals surface area contributed by atoms with E-state index in [9.17, 15) is 9.18 Å². The van der Waals surface area contributed by atoms with E-state index in [0.29, 0.717) is 5.56 Å². The van der Waals surface area contributed by atoms with Crippen molar-refractivity contribution in [2.24, 2.45) is 0 Å². The van der Waals surface area contributed by atoms with Gasteiger partial charge in [0, 0.05) is 10.0 Å². The van der Waals surface area contributed by atoms with Gasteiger partial charge < -0.3 is 4.98 Å². The third-order valence-electron chi connectivity index (χ3n) is 1.90. The molecule has 76 valence electrons. The van der Waals surface area contributed by atoms with Crippen molar-refractivity contribution in [3.05, 3.63) is 51.2 Å². The number of halogens is 2. The maximum absolute atomic E-state index is 13.3. The lowest BCUT2D eigenvalue weighted by molar-refractivity contribution is 0.615. The van der Waals surface area contributed by atoms with Crippen LogP contribution in [0.1, 0.15) is 0 Å². The first kappa shape index (κ1) is 10.0. The molecule has 3 nitrogen and oxygen atoms in total. The Hall–Kier alpha value is -1.49. The highest BCUT2D eigenvalue weighted by atomic mass is 79.9. The van der Waals surface area contributed by atoms with Crippen molar-refractivity contribution >= 4 is 15.9 Å². The standard InChI is InChI=1S/C10H6BrFN2O/c11-7-3-1-6(2-4-7)9-8(12)5-13-10(15)14-9/h1-5H,(H,13,14,15). The second kappa shape index (κ2) is 3.94. The van der Waals surface area contributed by atoms with E-state index in [-0.39, 0.29) is 5.69 Å². The summed E-state index contributed by atoms with van der Waals surface area (Å²) < 4.78 is 14.2. The lowest BCUT2D eigenvalue weighted by atomic mass is 10.1. The van der Waals surface area contributed by atoms with Crippen molar-refractivity contribution in [3.63, 3.8) is 0 Å². The Morgan fingerprint density at radius 2 is 1.93 bits per heavy atom. The number of nitrogens with zero attached hydrogens (tertiary/aromatic N) is 1. The van der Waals surface area contributed by atoms with E-state index in [0.717, 1.165) is 10.7 Å². The number of hydrogen-bond donors (Lipinski definition) is 1. The van der Waals surface area contributed by atoms with Gasteiger partial charge in [-0.1, -0.05) is 28.1 Å². The van der Waals surface area contributed by atoms with Crippen LogP contribution >= 0.6 is 15.9 Å². The third-order valence-corrected chi connectivity index (χ3v) is 2.43. The van der Waals surface area contributed by atoms with Gasteiger partial charge in [0.15, 0.2) is 5.82 Å². The summed E-state index contributed by atoms with van der Waals surface area (Å²) in [5.74, 6) is -0.545. The van der Waals surface area contributed by atoms with Gasteiger partial charge in [-0.15, -0.1) is 0 Å². The van der Waals surface area contributed by atoms with E-state index in [1.54, 1.807) is 24.3 Å². The third kappa shape index (κ3) is 2.12. The predicted molar refractivity (Wildman–Crippen MR) is 58.0 cm³/mol. The van der Waals surface area contributed by atoms with E-state index in [2.05, 4.69) is 25.9 Å². The molecule has 2 aromatic rings. The number of rotatable bonds is 1. The van der Waals surface area contributed by atoms with Crippen molar-refractivity contribution in [2.75, 3.05) is 0 Å². The fraction of sp³-hybridized carbons (Fsp3) is 0. The van der Waals surface area contributed by atoms with Crippen LogP contribution in [0.2, 0.25) is 0 Å². The van der Waals surface area contributed by atoms with Crippen molar-refractivity contribution in [1.82, 2.24) is 9.97 Å². The molecule has 0 aliphatic rings. The fourth-order valence-corrected chi connectivity index (χ4v) is 1.47. The second-order valence-corrected chi connectivity index (χ2v) is 3.83. The number of benzene rings is 1. The van der Waals surface area contributed by atoms with E-state index >= 15 is 0 Å². The molecular formula is C10H6BrFN2O. The number of H-pyrrole nitrogens is 1. The summed E-state index contributed by atoms with van der Waals surface area (Å²) in [7, 11) is 0. The molecule has 0 spiro atoms. The topological polar surface area (TPSA) is 45.8 Å². The van der Waals surface area contributed by atoms with Gasteiger partial charge in [0.05, 0.1) is 11.9 Å². The molecule has 1 aromatic carbocycles. The van der Waals surface area contributed by atoms with Crippen LogP contribution in [0.5, 0.6) is 0 Å². The van der Waals surface area contributed by atoms with Gasteiger partial charge in [-0.3, -0.25) is 0 Å². The molecular weight excluding hydrogens is 263 g/mol. The molecule has 0 amide bonds. The molecule has 0 saturated heterocycles. The fourth-order valence-electron chi connectivity index (χ4n) is 1.21. The van der Waals surface area contributed by atoms with Gasteiger partial charge in [0.2, 0.25) is 0 Å². The van der Waals surface area contributed by atoms with Crippen LogP contribution in [0.25, 0.3) is 11.3 Å². The average molecular weight is 269 g/mol. The van der Waals surface area contributed by atoms with Crippen molar-refractivity contribution < 1.29 is 4.39 Å². The zero-order valence-electron chi connectivity index (χ0n) is 7.50. The van der Waals surface area contributed by atoms with Gasteiger partial charge >= 0.3 is 5.69 Å². The maximum Gasteiger partial charge on any atom is 0.345 e. The Balaban J connectivity index is 2.58. The molecule has 0 saturated carbocycles. The number of hydrogen-bond acceptors (Lipinski definition) is 2. The summed E-state index contributed by atoms with van der Waals surface area (Å²) in [5.41, 5.74) is 0.201. The number of aromatic amines is 1. The quantitative estimate of drug-likeness (QED) is 0.863. The first-order valence-corrected chi connectivity index (χ1v) is 4.97. The molecule has 1 aromatic heterocycles. The van der Waals surface area contributed by atoms with Crippen molar-refractivity contribution in [1.29, 1.82) is 0 Å². The molecule has 0 aliphatic heterocycles. The maximum atomic E-state index is 13.3. The van der Waals surface area contributed by atoms with Gasteiger partial charge in [0.1, 0.15) is 0 Å². The normalized spacial score (nSPS) is 10.3. The minimum Gasteiger partial charge on any atom is -0.303 e. The largest absolute Gasteiger partial charge is 0.345 e. The van der Waals surface area contributed by atoms with Crippen LogP contribution < -0.4 is 5.69 Å². The van der Waals surface area contributed by atoms with E-state index in [1.807, 2.05) is 0 Å². The van der Waals surface area contributed by atoms with E-state index in [4.69, 9.17) is 0 Å². The Morgan fingerprint density at radius 3 is 2.60 bits per heavy atom. The first-order valence-electron chi connectivity index (χ1n) is 4.17. The minimum atomic E-state index is -0.561. The Bertz CT molecular complexity index is 536. The van der Waals surface area contributed by atoms with Crippen molar-refractivity contribution in [3.8, 4) is 11.3 Å². The summed E-state index contributed by atoms with van der Waals surface area (Å²) >= 11 is 3.27. The van der Waals surface area contributed by atoms with Gasteiger partial charge in [-0.05, 0) is 12.1 Å². The lowest BCUT2D eigenvalue weighted by Gasteiger charge is -2.01. The highest BCUT2D eigenvalue weighted by Gasteiger charge is 2.05. The van der Waals surface area contributed by atoms with Crippen molar-refractivity contribution in [2.45, 2.75) is 0 Å². The zero-order valence-corrected chi connectivity index (χ0v) is 9.08. The predicted octanol–water partition coefficient (Wildman–Crippen LogP) is 2.34. The van der Waals surface area contributed by atoms with Crippen LogP contribution in [0.15, 0.2) is 39.7 Å². The number of nitrogens with one attached hydrogen (secondary N) is 1. The van der Waals surface area contributed by atoms with Crippen LogP contribution in [-0.2, 0) is 0 Å². The summed E-state index contributed by atoms with van der Waals surface area (Å²) in [5, 5.41) is 0. The minimum absolute atomic E-state index is 0.155. The molecule has 0 unspecified atom stereocenters. The molecule has 2 rings (SSSR count). The molecule has 0 fully saturated rings. The van der Waals surface area contributed by atoms with E-state index in [1.165, 1.54) is 0 Å². The van der Waals surface area contributed by atoms with Crippen LogP contribution in [0.4, 0.5) is 4.39 Å². The molecule has 0 bridgehead atoms. The highest BCUT2D eigenvalue weighted by Crippen LogP contribution is 2.20. The first-order chi connectivity index (χ1) is 7.16. The summed E-state index contributed by atoms with van der Waals surface area (Å²) in [6.45, 7) is 0. The smallest absolute Gasteiger partial charge is 0.303 e. The highest BCUT2D eigenvalue weighted by molar-refractivity contribution is 9.10. The average Bonchev–Trinajstić information content (AvgIpc) is 2.23. The van der Waals surface area contributed by atoms with Crippen LogP contribution in [0.3, 0.4) is 0 Å². The van der Waals surface area contributed by atoms with Gasteiger partial charge in [-0.2, -0.15) is 4.98 Å². The lowest BCUT2D eigenvalue weighted by Crippen LogP contribution is -2.11. The molecule has 0 atom stereocenters. The molecule has 0 radical (unpaired) electrons. The summed E-state index contributed by atoms with van der Waals surface area (Å²) in [6.07, 6.45) is 0.913. The molecule has 1 N–H and O–H groups in total. The summed E-state index contributed by atoms with van der Waals surface area (Å²) in [6, 6.07) is 6.96. The second-order valence-electron chi connectivity index (χ2n) is 2.92. The SMILES string of the molecule is O=c1ncc(F)c(-c2ccc(Br)cc2)[nH]1. The van der Waals surface area contributed by atoms with Gasteiger partial charge in [-0.25, -0.2) is 9.18 Å². The monoisotopic (exact) mass is 268 g/mol. The molecule has 0 aliphatic carbocycles. The summed E-state index contributed by atoms with van der Waals surface area (Å²) in [4.78, 5) is 16.6. The van der Waals surface area contributed by atoms with E-state index < -0.39 is 11.5 Å². The van der Waals surface area contributed by atoms with Gasteiger partial charge in [0.25, 0.3) is 0 Å².